The van der Waals surface area contributed by atoms with Gasteiger partial charge in [-0.05, 0) is 51.4 Å². The van der Waals surface area contributed by atoms with Gasteiger partial charge in [-0.15, -0.1) is 0 Å². The van der Waals surface area contributed by atoms with Crippen molar-refractivity contribution in [2.45, 2.75) is 116 Å². The van der Waals surface area contributed by atoms with Crippen LogP contribution in [0.25, 0.3) is 0 Å². The van der Waals surface area contributed by atoms with Gasteiger partial charge in [0, 0.05) is 12.8 Å². The van der Waals surface area contributed by atoms with Gasteiger partial charge in [0.05, 0.1) is 19.8 Å². The summed E-state index contributed by atoms with van der Waals surface area (Å²) in [5, 5.41) is 18.1. The van der Waals surface area contributed by atoms with Gasteiger partial charge in [-0.25, -0.2) is 4.57 Å². The van der Waals surface area contributed by atoms with Crippen LogP contribution in [0, 0.1) is 0 Å². The monoisotopic (exact) mass is 630 g/mol. The van der Waals surface area contributed by atoms with E-state index in [4.69, 9.17) is 19.1 Å². The molecule has 0 amide bonds. The number of phosphoric ester groups is 1. The molecule has 248 valence electrons. The number of phosphoric acid groups is 1. The first-order valence-corrected chi connectivity index (χ1v) is 17.1. The molecule has 0 aliphatic heterocycles. The van der Waals surface area contributed by atoms with E-state index < -0.39 is 51.8 Å². The van der Waals surface area contributed by atoms with Gasteiger partial charge < -0.3 is 24.6 Å². The third kappa shape index (κ3) is 28.5. The zero-order chi connectivity index (χ0) is 32.0. The average molecular weight is 631 g/mol. The summed E-state index contributed by atoms with van der Waals surface area (Å²) in [5.41, 5.74) is 0. The molecule has 0 heterocycles. The Hall–Kier alpha value is -2.07. The Balaban J connectivity index is 4.50. The summed E-state index contributed by atoms with van der Waals surface area (Å²) in [4.78, 5) is 34.3. The molecule has 0 bridgehead atoms. The number of carbonyl (C=O) groups excluding carboxylic acids is 2. The number of rotatable bonds is 28. The normalized spacial score (nSPS) is 15.0. The molecule has 0 saturated heterocycles. The third-order valence-electron chi connectivity index (χ3n) is 6.00. The second kappa shape index (κ2) is 28.7. The number of unbranched alkanes of at least 4 members (excludes halogenated alkanes) is 6. The fourth-order valence-corrected chi connectivity index (χ4v) is 4.36. The fourth-order valence-electron chi connectivity index (χ4n) is 3.57. The Labute approximate surface area is 258 Å². The molecule has 43 heavy (non-hydrogen) atoms. The van der Waals surface area contributed by atoms with Gasteiger partial charge in [-0.1, -0.05) is 88.1 Å². The Bertz CT molecular complexity index is 868. The first-order chi connectivity index (χ1) is 20.7. The first-order valence-electron chi connectivity index (χ1n) is 15.6. The number of ether oxygens (including phenoxy) is 2. The van der Waals surface area contributed by atoms with Crippen molar-refractivity contribution in [2.75, 3.05) is 26.4 Å². The summed E-state index contributed by atoms with van der Waals surface area (Å²) < 4.78 is 32.2. The quantitative estimate of drug-likeness (QED) is 0.0371. The minimum absolute atomic E-state index is 0.130. The lowest BCUT2D eigenvalue weighted by atomic mass is 10.1. The lowest BCUT2D eigenvalue weighted by Crippen LogP contribution is -2.29. The Morgan fingerprint density at radius 3 is 1.91 bits per heavy atom. The summed E-state index contributed by atoms with van der Waals surface area (Å²) in [5.74, 6) is -0.997. The highest BCUT2D eigenvalue weighted by Gasteiger charge is 2.27. The second-order valence-electron chi connectivity index (χ2n) is 10.1. The van der Waals surface area contributed by atoms with Crippen LogP contribution in [-0.4, -0.2) is 65.7 Å². The average Bonchev–Trinajstić information content (AvgIpc) is 2.99. The van der Waals surface area contributed by atoms with E-state index in [0.717, 1.165) is 64.2 Å². The Morgan fingerprint density at radius 2 is 1.28 bits per heavy atom. The van der Waals surface area contributed by atoms with Gasteiger partial charge in [0.1, 0.15) is 12.7 Å². The topological polar surface area (TPSA) is 149 Å². The fraction of sp³-hybridized carbons (Fsp3) is 0.688. The molecule has 0 aliphatic rings. The maximum absolute atomic E-state index is 12.4. The maximum Gasteiger partial charge on any atom is 0.472 e. The smallest absolute Gasteiger partial charge is 0.462 e. The van der Waals surface area contributed by atoms with Crippen molar-refractivity contribution in [1.82, 2.24) is 0 Å². The Morgan fingerprint density at radius 1 is 0.721 bits per heavy atom. The van der Waals surface area contributed by atoms with Crippen LogP contribution >= 0.6 is 7.82 Å². The van der Waals surface area contributed by atoms with E-state index in [9.17, 15) is 24.2 Å². The number of hydrogen-bond donors (Lipinski definition) is 3. The molecule has 0 radical (unpaired) electrons. The highest BCUT2D eigenvalue weighted by Crippen LogP contribution is 2.43. The molecule has 10 nitrogen and oxygen atoms in total. The number of hydrogen-bond acceptors (Lipinski definition) is 9. The molecule has 0 aliphatic carbocycles. The van der Waals surface area contributed by atoms with E-state index in [1.807, 2.05) is 0 Å². The SMILES string of the molecule is CC/C=C\C/C=C\C/C=C\C/C=C\CCCCC(=O)OC(COC(=O)CCCCCCC)COP(=O)(O)OCC(O)CO. The molecule has 0 rings (SSSR count). The maximum atomic E-state index is 12.4. The van der Waals surface area contributed by atoms with Gasteiger partial charge in [0.15, 0.2) is 6.10 Å². The minimum Gasteiger partial charge on any atom is -0.462 e. The number of allylic oxidation sites excluding steroid dienone is 8. The van der Waals surface area contributed by atoms with Crippen molar-refractivity contribution in [3.63, 3.8) is 0 Å². The van der Waals surface area contributed by atoms with E-state index in [0.29, 0.717) is 12.8 Å². The van der Waals surface area contributed by atoms with E-state index >= 15 is 0 Å². The predicted octanol–water partition coefficient (Wildman–Crippen LogP) is 6.65. The molecule has 3 unspecified atom stereocenters. The van der Waals surface area contributed by atoms with E-state index in [1.165, 1.54) is 0 Å². The molecule has 0 aromatic rings. The second-order valence-corrected chi connectivity index (χ2v) is 11.6. The highest BCUT2D eigenvalue weighted by atomic mass is 31.2. The largest absolute Gasteiger partial charge is 0.472 e. The number of aliphatic hydroxyl groups is 2. The zero-order valence-electron chi connectivity index (χ0n) is 26.1. The van der Waals surface area contributed by atoms with Crippen LogP contribution in [-0.2, 0) is 32.7 Å². The van der Waals surface area contributed by atoms with Crippen LogP contribution in [0.4, 0.5) is 0 Å². The van der Waals surface area contributed by atoms with Crippen molar-refractivity contribution >= 4 is 19.8 Å². The van der Waals surface area contributed by atoms with Crippen LogP contribution in [0.15, 0.2) is 48.6 Å². The van der Waals surface area contributed by atoms with Crippen LogP contribution in [0.5, 0.6) is 0 Å². The van der Waals surface area contributed by atoms with Crippen molar-refractivity contribution in [2.24, 2.45) is 0 Å². The molecule has 11 heteroatoms. The predicted molar refractivity (Wildman–Crippen MR) is 168 cm³/mol. The van der Waals surface area contributed by atoms with E-state index in [2.05, 4.69) is 67.0 Å². The van der Waals surface area contributed by atoms with Crippen molar-refractivity contribution in [3.05, 3.63) is 48.6 Å². The summed E-state index contributed by atoms with van der Waals surface area (Å²) in [6.45, 7) is 2.06. The third-order valence-corrected chi connectivity index (χ3v) is 6.95. The van der Waals surface area contributed by atoms with Crippen molar-refractivity contribution in [1.29, 1.82) is 0 Å². The van der Waals surface area contributed by atoms with Gasteiger partial charge in [0.25, 0.3) is 0 Å². The lowest BCUT2D eigenvalue weighted by Gasteiger charge is -2.20. The summed E-state index contributed by atoms with van der Waals surface area (Å²) in [7, 11) is -4.61. The van der Waals surface area contributed by atoms with Crippen LogP contribution in [0.3, 0.4) is 0 Å². The molecular weight excluding hydrogens is 575 g/mol. The molecule has 3 N–H and O–H groups in total. The van der Waals surface area contributed by atoms with Gasteiger partial charge in [-0.2, -0.15) is 0 Å². The first kappa shape index (κ1) is 40.9. The van der Waals surface area contributed by atoms with Gasteiger partial charge in [0.2, 0.25) is 0 Å². The zero-order valence-corrected chi connectivity index (χ0v) is 27.0. The highest BCUT2D eigenvalue weighted by molar-refractivity contribution is 7.47. The van der Waals surface area contributed by atoms with Gasteiger partial charge in [-0.3, -0.25) is 18.6 Å². The van der Waals surface area contributed by atoms with Crippen LogP contribution in [0.1, 0.15) is 104 Å². The van der Waals surface area contributed by atoms with E-state index in [1.54, 1.807) is 0 Å². The Kier molecular flexibility index (Phi) is 27.3. The number of aliphatic hydroxyl groups excluding tert-OH is 2. The minimum atomic E-state index is -4.61. The molecule has 0 aromatic carbocycles. The van der Waals surface area contributed by atoms with Gasteiger partial charge >= 0.3 is 19.8 Å². The van der Waals surface area contributed by atoms with Crippen molar-refractivity contribution in [3.8, 4) is 0 Å². The number of esters is 2. The molecular formula is C32H55O10P. The molecule has 0 fully saturated rings. The molecule has 0 spiro atoms. The van der Waals surface area contributed by atoms with Crippen LogP contribution in [0.2, 0.25) is 0 Å². The standard InChI is InChI=1S/C32H55O10P/c1-3-5-7-9-10-11-12-13-14-15-16-17-18-20-22-24-32(36)42-30(27-39-31(35)23-21-19-8-6-4-2)28-41-43(37,38)40-26-29(34)25-33/h5,7,10-11,13-14,16-17,29-30,33-34H,3-4,6,8-9,12,15,18-28H2,1-2H3,(H,37,38)/b7-5-,11-10-,14-13-,17-16-. The number of carbonyl (C=O) groups is 2. The molecule has 3 atom stereocenters. The summed E-state index contributed by atoms with van der Waals surface area (Å²) in [6, 6.07) is 0. The van der Waals surface area contributed by atoms with E-state index in [-0.39, 0.29) is 19.4 Å². The summed E-state index contributed by atoms with van der Waals surface area (Å²) >= 11 is 0. The molecule has 0 aromatic heterocycles. The van der Waals surface area contributed by atoms with Crippen LogP contribution < -0.4 is 0 Å². The lowest BCUT2D eigenvalue weighted by molar-refractivity contribution is -0.161. The summed E-state index contributed by atoms with van der Waals surface area (Å²) in [6.07, 6.45) is 25.7. The molecule has 0 saturated carbocycles. The van der Waals surface area contributed by atoms with Crippen molar-refractivity contribution < 1.29 is 47.8 Å².